The molecule has 3 aliphatic carbocycles. The number of hydrogen-bond donors (Lipinski definition) is 0. The van der Waals surface area contributed by atoms with Gasteiger partial charge >= 0.3 is 0 Å². The van der Waals surface area contributed by atoms with Crippen molar-refractivity contribution in [2.45, 2.75) is 175 Å². The molecular formula is C40H72O2Si2. The molecule has 0 spiro atoms. The molecule has 0 radical (unpaired) electrons. The number of rotatable bonds is 10. The highest BCUT2D eigenvalue weighted by Gasteiger charge is 2.51. The Balaban J connectivity index is 1.92. The minimum Gasteiger partial charge on any atom is -0.410 e. The summed E-state index contributed by atoms with van der Waals surface area (Å²) in [6.07, 6.45) is 16.5. The predicted molar refractivity (Wildman–Crippen MR) is 199 cm³/mol. The first-order chi connectivity index (χ1) is 20.0. The van der Waals surface area contributed by atoms with Crippen LogP contribution in [0.25, 0.3) is 0 Å². The zero-order chi connectivity index (χ0) is 33.5. The minimum absolute atomic E-state index is 0.0278. The third-order valence-electron chi connectivity index (χ3n) is 13.0. The van der Waals surface area contributed by atoms with Crippen molar-refractivity contribution < 1.29 is 8.85 Å². The fourth-order valence-electron chi connectivity index (χ4n) is 7.94. The van der Waals surface area contributed by atoms with Gasteiger partial charge in [-0.05, 0) is 114 Å². The van der Waals surface area contributed by atoms with Crippen molar-refractivity contribution >= 4 is 16.6 Å². The van der Waals surface area contributed by atoms with Crippen molar-refractivity contribution in [3.8, 4) is 0 Å². The second-order valence-electron chi connectivity index (χ2n) is 18.8. The Labute approximate surface area is 276 Å². The van der Waals surface area contributed by atoms with E-state index in [9.17, 15) is 0 Å². The van der Waals surface area contributed by atoms with Gasteiger partial charge in [0.1, 0.15) is 0 Å². The molecule has 2 nitrogen and oxygen atoms in total. The van der Waals surface area contributed by atoms with Crippen LogP contribution in [0, 0.1) is 29.1 Å². The van der Waals surface area contributed by atoms with Crippen LogP contribution in [0.5, 0.6) is 0 Å². The van der Waals surface area contributed by atoms with E-state index >= 15 is 0 Å². The summed E-state index contributed by atoms with van der Waals surface area (Å²) in [5.74, 6) is 3.22. The monoisotopic (exact) mass is 641 g/mol. The first-order valence-electron chi connectivity index (χ1n) is 18.1. The second-order valence-corrected chi connectivity index (χ2v) is 28.3. The molecule has 44 heavy (non-hydrogen) atoms. The fraction of sp³-hybridized carbons (Fsp3) is 0.800. The summed E-state index contributed by atoms with van der Waals surface area (Å²) >= 11 is 0. The first-order valence-corrected chi connectivity index (χ1v) is 24.0. The molecule has 0 saturated heterocycles. The van der Waals surface area contributed by atoms with Crippen LogP contribution in [0.3, 0.4) is 0 Å². The number of hydrogen-bond acceptors (Lipinski definition) is 2. The smallest absolute Gasteiger partial charge is 0.193 e. The maximum absolute atomic E-state index is 7.11. The van der Waals surface area contributed by atoms with Gasteiger partial charge in [-0.1, -0.05) is 119 Å². The molecule has 4 heteroatoms. The highest BCUT2D eigenvalue weighted by atomic mass is 28.4. The molecule has 252 valence electrons. The van der Waals surface area contributed by atoms with Crippen molar-refractivity contribution in [1.82, 2.24) is 0 Å². The van der Waals surface area contributed by atoms with Gasteiger partial charge in [-0.2, -0.15) is 0 Å². The van der Waals surface area contributed by atoms with E-state index in [2.05, 4.69) is 121 Å². The number of fused-ring (bicyclic) bond motifs is 1. The topological polar surface area (TPSA) is 18.5 Å². The second kappa shape index (κ2) is 13.8. The summed E-state index contributed by atoms with van der Waals surface area (Å²) in [5.41, 5.74) is 5.61. The van der Waals surface area contributed by atoms with Crippen LogP contribution in [0.4, 0.5) is 0 Å². The van der Waals surface area contributed by atoms with E-state index in [0.717, 1.165) is 41.2 Å². The van der Waals surface area contributed by atoms with Gasteiger partial charge in [-0.25, -0.2) is 0 Å². The van der Waals surface area contributed by atoms with E-state index in [1.165, 1.54) is 56.9 Å². The van der Waals surface area contributed by atoms with Crippen LogP contribution in [-0.2, 0) is 8.85 Å². The fourth-order valence-corrected chi connectivity index (χ4v) is 10.5. The quantitative estimate of drug-likeness (QED) is 0.175. The zero-order valence-corrected chi connectivity index (χ0v) is 33.7. The number of allylic oxidation sites excluding steroid dienone is 3. The molecule has 3 fully saturated rings. The van der Waals surface area contributed by atoms with Crippen LogP contribution in [0.2, 0.25) is 36.3 Å². The minimum atomic E-state index is -2.06. The molecule has 3 saturated carbocycles. The SMILES string of the molecule is C=C1/C(=C\C=C2CCC[C@@]3(C)C2CC[C@@H]3[C@H](C)CCCC(C)C)C[C@@H](O[Si](C)(C)C(C)(C)C)C(=C)[C@H]1O[Si](C)(C)C(C)(C)C. The molecule has 0 aromatic heterocycles. The lowest BCUT2D eigenvalue weighted by atomic mass is 9.60. The predicted octanol–water partition coefficient (Wildman–Crippen LogP) is 12.8. The summed E-state index contributed by atoms with van der Waals surface area (Å²) in [7, 11) is -4.06. The van der Waals surface area contributed by atoms with Gasteiger partial charge in [0.05, 0.1) is 12.2 Å². The standard InChI is InChI=1S/C40H72O2Si2/c1-28(2)19-17-20-29(3)34-24-25-35-32(21-18-26-40(34,35)12)22-23-33-27-36(41-43(13,14)38(6,7)8)31(5)37(30(33)4)42-44(15,16)39(9,10)11/h22-23,28-29,34-37H,4-5,17-21,24-27H2,1-3,6-16H3/b32-22?,33-23-/t29-,34-,35?,36-,37+,40-/m1/s1. The largest absolute Gasteiger partial charge is 0.410 e. The maximum atomic E-state index is 7.11. The zero-order valence-electron chi connectivity index (χ0n) is 31.7. The van der Waals surface area contributed by atoms with Crippen molar-refractivity contribution in [3.63, 3.8) is 0 Å². The summed E-state index contributed by atoms with van der Waals surface area (Å²) < 4.78 is 14.2. The van der Waals surface area contributed by atoms with Crippen LogP contribution in [-0.4, -0.2) is 28.8 Å². The molecule has 3 rings (SSSR count). The summed E-state index contributed by atoms with van der Waals surface area (Å²) in [4.78, 5) is 0. The van der Waals surface area contributed by atoms with Crippen LogP contribution >= 0.6 is 0 Å². The van der Waals surface area contributed by atoms with Gasteiger partial charge in [-0.3, -0.25) is 0 Å². The van der Waals surface area contributed by atoms with Gasteiger partial charge < -0.3 is 8.85 Å². The summed E-state index contributed by atoms with van der Waals surface area (Å²) in [6.45, 7) is 42.6. The van der Waals surface area contributed by atoms with E-state index in [0.29, 0.717) is 5.41 Å². The normalized spacial score (nSPS) is 31.7. The van der Waals surface area contributed by atoms with E-state index in [1.807, 2.05) is 0 Å². The van der Waals surface area contributed by atoms with Gasteiger partial charge in [0.25, 0.3) is 0 Å². The molecule has 0 aliphatic heterocycles. The van der Waals surface area contributed by atoms with Crippen LogP contribution in [0.1, 0.15) is 127 Å². The lowest BCUT2D eigenvalue weighted by Crippen LogP contribution is -2.50. The van der Waals surface area contributed by atoms with E-state index < -0.39 is 16.6 Å². The van der Waals surface area contributed by atoms with Gasteiger partial charge in [0.15, 0.2) is 16.6 Å². The third-order valence-corrected chi connectivity index (χ3v) is 21.9. The Bertz CT molecular complexity index is 1100. The Morgan fingerprint density at radius 1 is 0.886 bits per heavy atom. The Morgan fingerprint density at radius 2 is 1.48 bits per heavy atom. The average Bonchev–Trinajstić information content (AvgIpc) is 3.23. The van der Waals surface area contributed by atoms with E-state index in [1.54, 1.807) is 5.57 Å². The molecule has 6 atom stereocenters. The van der Waals surface area contributed by atoms with E-state index in [4.69, 9.17) is 8.85 Å². The highest BCUT2D eigenvalue weighted by Crippen LogP contribution is 2.60. The molecule has 0 bridgehead atoms. The maximum Gasteiger partial charge on any atom is 0.193 e. The lowest BCUT2D eigenvalue weighted by Gasteiger charge is -2.46. The molecule has 0 aromatic carbocycles. The van der Waals surface area contributed by atoms with Crippen molar-refractivity contribution in [2.24, 2.45) is 29.1 Å². The first kappa shape index (κ1) is 37.8. The van der Waals surface area contributed by atoms with Crippen molar-refractivity contribution in [1.29, 1.82) is 0 Å². The van der Waals surface area contributed by atoms with Gasteiger partial charge in [0, 0.05) is 6.42 Å². The van der Waals surface area contributed by atoms with Crippen molar-refractivity contribution in [3.05, 3.63) is 47.6 Å². The highest BCUT2D eigenvalue weighted by molar-refractivity contribution is 6.74. The van der Waals surface area contributed by atoms with Crippen molar-refractivity contribution in [2.75, 3.05) is 0 Å². The van der Waals surface area contributed by atoms with Crippen LogP contribution < -0.4 is 0 Å². The van der Waals surface area contributed by atoms with Gasteiger partial charge in [-0.15, -0.1) is 0 Å². The van der Waals surface area contributed by atoms with Crippen LogP contribution in [0.15, 0.2) is 47.6 Å². The molecule has 1 unspecified atom stereocenters. The molecule has 0 aromatic rings. The van der Waals surface area contributed by atoms with Gasteiger partial charge in [0.2, 0.25) is 0 Å². The van der Waals surface area contributed by atoms with E-state index in [-0.39, 0.29) is 22.3 Å². The average molecular weight is 641 g/mol. The third kappa shape index (κ3) is 8.23. The Morgan fingerprint density at radius 3 is 2.05 bits per heavy atom. The summed E-state index contributed by atoms with van der Waals surface area (Å²) in [6, 6.07) is 0. The molecule has 0 amide bonds. The molecule has 0 heterocycles. The molecule has 3 aliphatic rings. The summed E-state index contributed by atoms with van der Waals surface area (Å²) in [5, 5.41) is 0.255. The Kier molecular flexibility index (Phi) is 11.9. The Hall–Kier alpha value is -0.686. The molecular weight excluding hydrogens is 569 g/mol. The lowest BCUT2D eigenvalue weighted by molar-refractivity contribution is 0.0928. The molecule has 0 N–H and O–H groups in total.